The molecule has 0 unspecified atom stereocenters. The molecule has 6 heteroatoms. The van der Waals surface area contributed by atoms with Crippen molar-refractivity contribution in [2.75, 3.05) is 0 Å². The Morgan fingerprint density at radius 1 is 1.44 bits per heavy atom. The molecule has 16 heavy (non-hydrogen) atoms. The van der Waals surface area contributed by atoms with Gasteiger partial charge >= 0.3 is 5.69 Å². The molecule has 0 aliphatic heterocycles. The van der Waals surface area contributed by atoms with Gasteiger partial charge in [0.1, 0.15) is 0 Å². The number of nitro groups is 1. The lowest BCUT2D eigenvalue weighted by atomic mass is 10.2. The molecular formula is C10H15NO4Si. The van der Waals surface area contributed by atoms with Gasteiger partial charge in [0.05, 0.1) is 17.1 Å². The summed E-state index contributed by atoms with van der Waals surface area (Å²) in [7, 11) is -1.90. The number of para-hydroxylation sites is 1. The number of nitrogens with zero attached hydrogens (tertiary/aromatic N) is 1. The molecule has 88 valence electrons. The van der Waals surface area contributed by atoms with Crippen molar-refractivity contribution in [1.82, 2.24) is 0 Å². The topological polar surface area (TPSA) is 72.6 Å². The van der Waals surface area contributed by atoms with Gasteiger partial charge in [-0.3, -0.25) is 10.1 Å². The van der Waals surface area contributed by atoms with Gasteiger partial charge in [-0.2, -0.15) is 0 Å². The Hall–Kier alpha value is -1.40. The maximum atomic E-state index is 10.9. The molecule has 1 N–H and O–H groups in total. The van der Waals surface area contributed by atoms with Gasteiger partial charge in [0.15, 0.2) is 5.75 Å². The summed E-state index contributed by atoms with van der Waals surface area (Å²) in [4.78, 5) is 10.4. The van der Waals surface area contributed by atoms with Crippen molar-refractivity contribution in [3.8, 4) is 5.75 Å². The summed E-state index contributed by atoms with van der Waals surface area (Å²) in [6.45, 7) is 5.48. The zero-order valence-corrected chi connectivity index (χ0v) is 10.6. The molecule has 0 atom stereocenters. The smallest absolute Gasteiger partial charge is 0.315 e. The van der Waals surface area contributed by atoms with E-state index in [9.17, 15) is 10.1 Å². The second kappa shape index (κ2) is 4.63. The molecule has 0 amide bonds. The van der Waals surface area contributed by atoms with Crippen LogP contribution in [0.4, 0.5) is 5.69 Å². The van der Waals surface area contributed by atoms with E-state index in [1.165, 1.54) is 6.07 Å². The first-order valence-corrected chi connectivity index (χ1v) is 8.32. The summed E-state index contributed by atoms with van der Waals surface area (Å²) < 4.78 is 5.62. The molecule has 0 aromatic heterocycles. The van der Waals surface area contributed by atoms with Crippen LogP contribution in [0.5, 0.6) is 5.75 Å². The van der Waals surface area contributed by atoms with E-state index in [4.69, 9.17) is 9.53 Å². The van der Waals surface area contributed by atoms with Gasteiger partial charge < -0.3 is 9.53 Å². The van der Waals surface area contributed by atoms with Gasteiger partial charge in [0.25, 0.3) is 0 Å². The first-order valence-electron chi connectivity index (χ1n) is 4.91. The molecule has 5 nitrogen and oxygen atoms in total. The van der Waals surface area contributed by atoms with E-state index in [2.05, 4.69) is 0 Å². The molecule has 0 aliphatic rings. The van der Waals surface area contributed by atoms with Crippen LogP contribution < -0.4 is 4.43 Å². The lowest BCUT2D eigenvalue weighted by Gasteiger charge is -2.19. The van der Waals surface area contributed by atoms with Gasteiger partial charge in [-0.1, -0.05) is 6.07 Å². The minimum atomic E-state index is -1.90. The number of aliphatic hydroxyl groups excluding tert-OH is 1. The van der Waals surface area contributed by atoms with Crippen LogP contribution in [0.1, 0.15) is 5.56 Å². The summed E-state index contributed by atoms with van der Waals surface area (Å²) in [5, 5.41) is 20.0. The van der Waals surface area contributed by atoms with E-state index in [-0.39, 0.29) is 23.6 Å². The van der Waals surface area contributed by atoms with Gasteiger partial charge in [-0.05, 0) is 31.8 Å². The van der Waals surface area contributed by atoms with Gasteiger partial charge in [-0.15, -0.1) is 0 Å². The number of aliphatic hydroxyl groups is 1. The van der Waals surface area contributed by atoms with E-state index >= 15 is 0 Å². The summed E-state index contributed by atoms with van der Waals surface area (Å²) in [5.41, 5.74) is 0.146. The third-order valence-electron chi connectivity index (χ3n) is 1.85. The number of hydrogen-bond acceptors (Lipinski definition) is 4. The fourth-order valence-electron chi connectivity index (χ4n) is 1.31. The molecule has 1 aromatic carbocycles. The van der Waals surface area contributed by atoms with Gasteiger partial charge in [0, 0.05) is 0 Å². The largest absolute Gasteiger partial charge is 0.540 e. The van der Waals surface area contributed by atoms with Crippen LogP contribution in [-0.2, 0) is 6.61 Å². The highest BCUT2D eigenvalue weighted by Crippen LogP contribution is 2.32. The lowest BCUT2D eigenvalue weighted by molar-refractivity contribution is -0.386. The first kappa shape index (κ1) is 12.7. The summed E-state index contributed by atoms with van der Waals surface area (Å²) in [6, 6.07) is 4.73. The molecule has 0 heterocycles. The molecule has 0 radical (unpaired) electrons. The van der Waals surface area contributed by atoms with E-state index in [0.29, 0.717) is 0 Å². The molecule has 1 rings (SSSR count). The number of benzene rings is 1. The average molecular weight is 241 g/mol. The minimum absolute atomic E-state index is 0.132. The van der Waals surface area contributed by atoms with Crippen molar-refractivity contribution < 1.29 is 14.5 Å². The quantitative estimate of drug-likeness (QED) is 0.498. The maximum Gasteiger partial charge on any atom is 0.315 e. The Bertz CT molecular complexity index is 400. The van der Waals surface area contributed by atoms with Crippen LogP contribution in [0.3, 0.4) is 0 Å². The zero-order chi connectivity index (χ0) is 12.3. The summed E-state index contributed by atoms with van der Waals surface area (Å²) in [5.74, 6) is 0.246. The van der Waals surface area contributed by atoms with Crippen LogP contribution in [-0.4, -0.2) is 18.3 Å². The van der Waals surface area contributed by atoms with Crippen LogP contribution in [0, 0.1) is 10.1 Å². The molecule has 0 spiro atoms. The fourth-order valence-corrected chi connectivity index (χ4v) is 2.14. The van der Waals surface area contributed by atoms with Gasteiger partial charge in [0.2, 0.25) is 8.32 Å². The van der Waals surface area contributed by atoms with Gasteiger partial charge in [-0.25, -0.2) is 0 Å². The lowest BCUT2D eigenvalue weighted by Crippen LogP contribution is -2.29. The predicted octanol–water partition coefficient (Wildman–Crippen LogP) is 2.30. The highest BCUT2D eigenvalue weighted by atomic mass is 28.4. The van der Waals surface area contributed by atoms with Crippen LogP contribution in [0.2, 0.25) is 19.6 Å². The van der Waals surface area contributed by atoms with Crippen LogP contribution in [0.25, 0.3) is 0 Å². The first-order chi connectivity index (χ1) is 7.35. The van der Waals surface area contributed by atoms with Crippen LogP contribution >= 0.6 is 0 Å². The third kappa shape index (κ3) is 3.04. The van der Waals surface area contributed by atoms with Crippen LogP contribution in [0.15, 0.2) is 18.2 Å². The van der Waals surface area contributed by atoms with E-state index in [1.54, 1.807) is 12.1 Å². The second-order valence-corrected chi connectivity index (χ2v) is 8.82. The Morgan fingerprint density at radius 2 is 2.06 bits per heavy atom. The fraction of sp³-hybridized carbons (Fsp3) is 0.400. The maximum absolute atomic E-state index is 10.9. The molecule has 0 bridgehead atoms. The Balaban J connectivity index is 3.22. The molecule has 0 saturated carbocycles. The van der Waals surface area contributed by atoms with Crippen molar-refractivity contribution in [1.29, 1.82) is 0 Å². The monoisotopic (exact) mass is 241 g/mol. The summed E-state index contributed by atoms with van der Waals surface area (Å²) in [6.07, 6.45) is 0. The standard InChI is InChI=1S/C10H15NO4Si/c1-16(2,3)15-9-6-4-5-8(7-12)10(9)11(13)14/h4-6,12H,7H2,1-3H3. The minimum Gasteiger partial charge on any atom is -0.540 e. The second-order valence-electron chi connectivity index (χ2n) is 4.39. The van der Waals surface area contributed by atoms with Crippen molar-refractivity contribution in [2.45, 2.75) is 26.2 Å². The number of rotatable bonds is 4. The number of hydrogen-bond donors (Lipinski definition) is 1. The Labute approximate surface area is 95.0 Å². The Morgan fingerprint density at radius 3 is 2.50 bits per heavy atom. The Kier molecular flexibility index (Phi) is 3.66. The SMILES string of the molecule is C[Si](C)(C)Oc1cccc(CO)c1[N+](=O)[O-]. The van der Waals surface area contributed by atoms with Crippen molar-refractivity contribution in [2.24, 2.45) is 0 Å². The van der Waals surface area contributed by atoms with E-state index in [1.807, 2.05) is 19.6 Å². The molecule has 0 saturated heterocycles. The van der Waals surface area contributed by atoms with Crippen molar-refractivity contribution in [3.63, 3.8) is 0 Å². The highest BCUT2D eigenvalue weighted by molar-refractivity contribution is 6.70. The third-order valence-corrected chi connectivity index (χ3v) is 2.68. The van der Waals surface area contributed by atoms with E-state index < -0.39 is 13.2 Å². The molecule has 1 aromatic rings. The highest BCUT2D eigenvalue weighted by Gasteiger charge is 2.25. The van der Waals surface area contributed by atoms with E-state index in [0.717, 1.165) is 0 Å². The average Bonchev–Trinajstić information content (AvgIpc) is 2.14. The normalized spacial score (nSPS) is 11.2. The predicted molar refractivity (Wildman–Crippen MR) is 63.0 cm³/mol. The summed E-state index contributed by atoms with van der Waals surface area (Å²) >= 11 is 0. The molecular weight excluding hydrogens is 226 g/mol. The molecule has 0 fully saturated rings. The van der Waals surface area contributed by atoms with Crippen molar-refractivity contribution in [3.05, 3.63) is 33.9 Å². The zero-order valence-electron chi connectivity index (χ0n) is 9.56. The number of nitro benzene ring substituents is 1. The molecule has 0 aliphatic carbocycles. The van der Waals surface area contributed by atoms with Crippen molar-refractivity contribution >= 4 is 14.0 Å².